The van der Waals surface area contributed by atoms with Gasteiger partial charge in [-0.2, -0.15) is 0 Å². The molecule has 1 aromatic rings. The van der Waals surface area contributed by atoms with Gasteiger partial charge in [0.15, 0.2) is 0 Å². The predicted molar refractivity (Wildman–Crippen MR) is 61.1 cm³/mol. The van der Waals surface area contributed by atoms with Gasteiger partial charge in [-0.05, 0) is 31.9 Å². The second kappa shape index (κ2) is 4.64. The van der Waals surface area contributed by atoms with Crippen molar-refractivity contribution < 1.29 is 9.84 Å². The van der Waals surface area contributed by atoms with Crippen molar-refractivity contribution in [3.05, 3.63) is 28.8 Å². The van der Waals surface area contributed by atoms with E-state index in [-0.39, 0.29) is 6.04 Å². The maximum atomic E-state index is 9.92. The van der Waals surface area contributed by atoms with Crippen LogP contribution in [0.3, 0.4) is 0 Å². The van der Waals surface area contributed by atoms with Crippen LogP contribution in [0, 0.1) is 13.8 Å². The highest BCUT2D eigenvalue weighted by atomic mass is 16.5. The van der Waals surface area contributed by atoms with Gasteiger partial charge in [-0.15, -0.1) is 0 Å². The van der Waals surface area contributed by atoms with Gasteiger partial charge in [0, 0.05) is 11.6 Å². The van der Waals surface area contributed by atoms with Gasteiger partial charge in [0.1, 0.15) is 5.75 Å². The molecule has 0 bridgehead atoms. The molecule has 0 aromatic heterocycles. The van der Waals surface area contributed by atoms with E-state index in [0.29, 0.717) is 0 Å². The number of benzene rings is 1. The molecule has 0 saturated heterocycles. The highest BCUT2D eigenvalue weighted by molar-refractivity contribution is 5.46. The first-order valence-corrected chi connectivity index (χ1v) is 5.06. The second-order valence-electron chi connectivity index (χ2n) is 3.93. The van der Waals surface area contributed by atoms with Crippen LogP contribution < -0.4 is 10.5 Å². The van der Waals surface area contributed by atoms with Crippen molar-refractivity contribution in [1.29, 1.82) is 0 Å². The molecule has 1 rings (SSSR count). The molecule has 84 valence electrons. The lowest BCUT2D eigenvalue weighted by molar-refractivity contribution is 0.149. The van der Waals surface area contributed by atoms with Crippen molar-refractivity contribution in [2.75, 3.05) is 7.11 Å². The third-order valence-corrected chi connectivity index (χ3v) is 2.73. The van der Waals surface area contributed by atoms with E-state index in [0.717, 1.165) is 22.4 Å². The topological polar surface area (TPSA) is 55.5 Å². The molecule has 0 aliphatic carbocycles. The minimum atomic E-state index is -0.681. The Bertz CT molecular complexity index is 348. The van der Waals surface area contributed by atoms with Crippen LogP contribution in [0.15, 0.2) is 12.1 Å². The normalized spacial score (nSPS) is 14.8. The molecule has 3 nitrogen and oxygen atoms in total. The van der Waals surface area contributed by atoms with Crippen LogP contribution in [0.5, 0.6) is 5.75 Å². The third-order valence-electron chi connectivity index (χ3n) is 2.73. The first-order chi connectivity index (χ1) is 6.99. The summed E-state index contributed by atoms with van der Waals surface area (Å²) in [7, 11) is 1.61. The molecule has 0 heterocycles. The summed E-state index contributed by atoms with van der Waals surface area (Å²) in [4.78, 5) is 0. The molecule has 3 N–H and O–H groups in total. The van der Waals surface area contributed by atoms with Gasteiger partial charge in [0.2, 0.25) is 0 Å². The largest absolute Gasteiger partial charge is 0.496 e. The van der Waals surface area contributed by atoms with E-state index in [9.17, 15) is 5.11 Å². The lowest BCUT2D eigenvalue weighted by Gasteiger charge is -2.20. The molecular formula is C12H19NO2. The molecule has 0 fully saturated rings. The second-order valence-corrected chi connectivity index (χ2v) is 3.93. The molecular weight excluding hydrogens is 190 g/mol. The van der Waals surface area contributed by atoms with E-state index in [1.54, 1.807) is 14.0 Å². The zero-order valence-corrected chi connectivity index (χ0v) is 9.74. The summed E-state index contributed by atoms with van der Waals surface area (Å²) in [6, 6.07) is 3.54. The molecule has 15 heavy (non-hydrogen) atoms. The van der Waals surface area contributed by atoms with Crippen LogP contribution >= 0.6 is 0 Å². The first kappa shape index (κ1) is 12.0. The van der Waals surface area contributed by atoms with Gasteiger partial charge in [-0.1, -0.05) is 12.1 Å². The number of ether oxygens (including phenoxy) is 1. The molecule has 0 aliphatic heterocycles. The van der Waals surface area contributed by atoms with Crippen molar-refractivity contribution in [3.63, 3.8) is 0 Å². The molecule has 2 unspecified atom stereocenters. The lowest BCUT2D eigenvalue weighted by Crippen LogP contribution is -2.25. The number of methoxy groups -OCH3 is 1. The number of nitrogens with two attached hydrogens (primary N) is 1. The molecule has 0 aliphatic rings. The first-order valence-electron chi connectivity index (χ1n) is 5.06. The van der Waals surface area contributed by atoms with Crippen LogP contribution in [0.25, 0.3) is 0 Å². The number of aliphatic hydroxyl groups is 1. The monoisotopic (exact) mass is 209 g/mol. The van der Waals surface area contributed by atoms with E-state index < -0.39 is 6.10 Å². The average molecular weight is 209 g/mol. The van der Waals surface area contributed by atoms with Crippen molar-refractivity contribution in [1.82, 2.24) is 0 Å². The Hall–Kier alpha value is -1.06. The summed E-state index contributed by atoms with van der Waals surface area (Å²) in [5.74, 6) is 0.736. The number of hydrogen-bond acceptors (Lipinski definition) is 3. The maximum absolute atomic E-state index is 9.92. The fourth-order valence-electron chi connectivity index (χ4n) is 1.60. The van der Waals surface area contributed by atoms with Gasteiger partial charge in [-0.25, -0.2) is 0 Å². The SMILES string of the molecule is COc1c(C(O)C(C)N)ccc(C)c1C. The summed E-state index contributed by atoms with van der Waals surface area (Å²) in [6.45, 7) is 5.77. The molecule has 0 radical (unpaired) electrons. The quantitative estimate of drug-likeness (QED) is 0.796. The molecule has 0 amide bonds. The minimum absolute atomic E-state index is 0.305. The summed E-state index contributed by atoms with van der Waals surface area (Å²) in [6.07, 6.45) is -0.681. The Morgan fingerprint density at radius 2 is 1.93 bits per heavy atom. The highest BCUT2D eigenvalue weighted by Gasteiger charge is 2.18. The molecule has 3 heteroatoms. The van der Waals surface area contributed by atoms with Gasteiger partial charge in [0.25, 0.3) is 0 Å². The fraction of sp³-hybridized carbons (Fsp3) is 0.500. The standard InChI is InChI=1S/C12H19NO2/c1-7-5-6-10(11(14)9(3)13)12(15-4)8(7)2/h5-6,9,11,14H,13H2,1-4H3. The smallest absolute Gasteiger partial charge is 0.127 e. The van der Waals surface area contributed by atoms with E-state index in [2.05, 4.69) is 0 Å². The van der Waals surface area contributed by atoms with E-state index in [4.69, 9.17) is 10.5 Å². The lowest BCUT2D eigenvalue weighted by atomic mass is 9.97. The summed E-state index contributed by atoms with van der Waals surface area (Å²) >= 11 is 0. The van der Waals surface area contributed by atoms with E-state index >= 15 is 0 Å². The number of aryl methyl sites for hydroxylation is 1. The molecule has 1 aromatic carbocycles. The van der Waals surface area contributed by atoms with Crippen LogP contribution in [0.2, 0.25) is 0 Å². The Kier molecular flexibility index (Phi) is 3.72. The Labute approximate surface area is 90.9 Å². The Morgan fingerprint density at radius 3 is 2.40 bits per heavy atom. The highest BCUT2D eigenvalue weighted by Crippen LogP contribution is 2.31. The van der Waals surface area contributed by atoms with Gasteiger partial charge < -0.3 is 15.6 Å². The van der Waals surface area contributed by atoms with Gasteiger partial charge in [0.05, 0.1) is 13.2 Å². The third kappa shape index (κ3) is 2.30. The number of rotatable bonds is 3. The van der Waals surface area contributed by atoms with E-state index in [1.807, 2.05) is 26.0 Å². The number of hydrogen-bond donors (Lipinski definition) is 2. The maximum Gasteiger partial charge on any atom is 0.127 e. The van der Waals surface area contributed by atoms with Crippen LogP contribution in [0.1, 0.15) is 29.7 Å². The molecule has 0 spiro atoms. The summed E-state index contributed by atoms with van der Waals surface area (Å²) in [5, 5.41) is 9.92. The van der Waals surface area contributed by atoms with Crippen LogP contribution in [-0.4, -0.2) is 18.3 Å². The van der Waals surface area contributed by atoms with Crippen molar-refractivity contribution in [2.24, 2.45) is 5.73 Å². The Balaban J connectivity index is 3.24. The Morgan fingerprint density at radius 1 is 1.33 bits per heavy atom. The van der Waals surface area contributed by atoms with Crippen LogP contribution in [-0.2, 0) is 0 Å². The zero-order chi connectivity index (χ0) is 11.6. The predicted octanol–water partition coefficient (Wildman–Crippen LogP) is 1.69. The van der Waals surface area contributed by atoms with Crippen LogP contribution in [0.4, 0.5) is 0 Å². The van der Waals surface area contributed by atoms with Gasteiger partial charge >= 0.3 is 0 Å². The minimum Gasteiger partial charge on any atom is -0.496 e. The van der Waals surface area contributed by atoms with Crippen molar-refractivity contribution in [2.45, 2.75) is 32.9 Å². The molecule has 0 saturated carbocycles. The average Bonchev–Trinajstić information content (AvgIpc) is 2.20. The zero-order valence-electron chi connectivity index (χ0n) is 9.74. The number of aliphatic hydroxyl groups excluding tert-OH is 1. The molecule has 2 atom stereocenters. The summed E-state index contributed by atoms with van der Waals surface area (Å²) in [5.41, 5.74) is 8.63. The summed E-state index contributed by atoms with van der Waals surface area (Å²) < 4.78 is 5.31. The van der Waals surface area contributed by atoms with E-state index in [1.165, 1.54) is 0 Å². The van der Waals surface area contributed by atoms with Gasteiger partial charge in [-0.3, -0.25) is 0 Å². The fourth-order valence-corrected chi connectivity index (χ4v) is 1.60. The van der Waals surface area contributed by atoms with Crippen molar-refractivity contribution >= 4 is 0 Å². The van der Waals surface area contributed by atoms with Crippen molar-refractivity contribution in [3.8, 4) is 5.75 Å².